The molecule has 0 radical (unpaired) electrons. The van der Waals surface area contributed by atoms with Gasteiger partial charge in [-0.1, -0.05) is 30.3 Å². The first-order valence-electron chi connectivity index (χ1n) is 10.1. The highest BCUT2D eigenvalue weighted by atomic mass is 16.7. The summed E-state index contributed by atoms with van der Waals surface area (Å²) in [5.74, 6) is 0.483. The zero-order valence-electron chi connectivity index (χ0n) is 17.7. The number of carbonyl (C=O) groups is 2. The summed E-state index contributed by atoms with van der Waals surface area (Å²) in [6.45, 7) is 6.25. The van der Waals surface area contributed by atoms with Crippen LogP contribution >= 0.6 is 0 Å². The van der Waals surface area contributed by atoms with Crippen molar-refractivity contribution in [3.05, 3.63) is 76.6 Å². The van der Waals surface area contributed by atoms with E-state index < -0.39 is 5.97 Å². The smallest absolute Gasteiger partial charge is 0.355 e. The minimum Gasteiger partial charge on any atom is -0.461 e. The average molecular weight is 420 g/mol. The molecule has 1 aromatic heterocycles. The molecule has 1 amide bonds. The monoisotopic (exact) mass is 420 g/mol. The number of anilines is 1. The van der Waals surface area contributed by atoms with Gasteiger partial charge in [-0.15, -0.1) is 0 Å². The fraction of sp³-hybridized carbons (Fsp3) is 0.250. The number of hydrogen-bond donors (Lipinski definition) is 1. The van der Waals surface area contributed by atoms with Crippen molar-refractivity contribution in [2.45, 2.75) is 27.3 Å². The van der Waals surface area contributed by atoms with Gasteiger partial charge in [-0.3, -0.25) is 4.79 Å². The van der Waals surface area contributed by atoms with Crippen LogP contribution < -0.4 is 14.8 Å². The second kappa shape index (κ2) is 8.55. The Morgan fingerprint density at radius 3 is 2.55 bits per heavy atom. The van der Waals surface area contributed by atoms with Gasteiger partial charge in [0.1, 0.15) is 5.69 Å². The maximum Gasteiger partial charge on any atom is 0.355 e. The number of amides is 1. The standard InChI is InChI=1S/C24H24N2O5/c1-4-29-24(28)22-15(2)21(16(3)26(22)13-17-8-6-5-7-9-17)23(27)25-18-10-11-19-20(12-18)31-14-30-19/h5-12H,4,13-14H2,1-3H3,(H,25,27). The Bertz CT molecular complexity index is 1130. The summed E-state index contributed by atoms with van der Waals surface area (Å²) in [4.78, 5) is 26.0. The predicted octanol–water partition coefficient (Wildman–Crippen LogP) is 4.31. The quantitative estimate of drug-likeness (QED) is 0.601. The summed E-state index contributed by atoms with van der Waals surface area (Å²) < 4.78 is 17.8. The van der Waals surface area contributed by atoms with E-state index >= 15 is 0 Å². The van der Waals surface area contributed by atoms with Gasteiger partial charge in [0, 0.05) is 24.0 Å². The third kappa shape index (κ3) is 3.99. The molecule has 0 atom stereocenters. The number of benzene rings is 2. The van der Waals surface area contributed by atoms with Crippen LogP contribution in [-0.4, -0.2) is 29.8 Å². The molecule has 2 heterocycles. The van der Waals surface area contributed by atoms with E-state index in [-0.39, 0.29) is 19.3 Å². The van der Waals surface area contributed by atoms with E-state index in [9.17, 15) is 9.59 Å². The molecule has 1 N–H and O–H groups in total. The Morgan fingerprint density at radius 2 is 1.81 bits per heavy atom. The van der Waals surface area contributed by atoms with E-state index in [4.69, 9.17) is 14.2 Å². The number of nitrogens with zero attached hydrogens (tertiary/aromatic N) is 1. The van der Waals surface area contributed by atoms with Crippen LogP contribution in [0, 0.1) is 13.8 Å². The van der Waals surface area contributed by atoms with Crippen molar-refractivity contribution in [1.82, 2.24) is 4.57 Å². The van der Waals surface area contributed by atoms with Crippen LogP contribution in [0.15, 0.2) is 48.5 Å². The molecule has 0 bridgehead atoms. The molecule has 7 heteroatoms. The van der Waals surface area contributed by atoms with Crippen molar-refractivity contribution in [1.29, 1.82) is 0 Å². The molecule has 3 aromatic rings. The van der Waals surface area contributed by atoms with Crippen LogP contribution in [-0.2, 0) is 11.3 Å². The zero-order valence-corrected chi connectivity index (χ0v) is 17.7. The molecule has 31 heavy (non-hydrogen) atoms. The highest BCUT2D eigenvalue weighted by molar-refractivity contribution is 6.08. The molecule has 1 aliphatic heterocycles. The number of ether oxygens (including phenoxy) is 3. The maximum atomic E-state index is 13.2. The summed E-state index contributed by atoms with van der Waals surface area (Å²) in [7, 11) is 0. The van der Waals surface area contributed by atoms with E-state index in [0.29, 0.717) is 46.2 Å². The van der Waals surface area contributed by atoms with E-state index in [1.54, 1.807) is 32.0 Å². The number of rotatable bonds is 6. The molecule has 160 valence electrons. The fourth-order valence-electron chi connectivity index (χ4n) is 3.82. The van der Waals surface area contributed by atoms with Crippen molar-refractivity contribution in [2.24, 2.45) is 0 Å². The van der Waals surface area contributed by atoms with Crippen molar-refractivity contribution in [3.8, 4) is 11.5 Å². The first-order valence-corrected chi connectivity index (χ1v) is 10.1. The highest BCUT2D eigenvalue weighted by Gasteiger charge is 2.27. The predicted molar refractivity (Wildman–Crippen MR) is 116 cm³/mol. The first-order chi connectivity index (χ1) is 15.0. The molecule has 0 saturated carbocycles. The number of fused-ring (bicyclic) bond motifs is 1. The second-order valence-electron chi connectivity index (χ2n) is 7.25. The van der Waals surface area contributed by atoms with E-state index in [0.717, 1.165) is 5.56 Å². The van der Waals surface area contributed by atoms with Gasteiger partial charge in [0.25, 0.3) is 5.91 Å². The molecular weight excluding hydrogens is 396 g/mol. The lowest BCUT2D eigenvalue weighted by molar-refractivity contribution is 0.0513. The van der Waals surface area contributed by atoms with Crippen LogP contribution in [0.25, 0.3) is 0 Å². The largest absolute Gasteiger partial charge is 0.461 e. The van der Waals surface area contributed by atoms with Crippen LogP contribution in [0.4, 0.5) is 5.69 Å². The number of hydrogen-bond acceptors (Lipinski definition) is 5. The minimum absolute atomic E-state index is 0.163. The van der Waals surface area contributed by atoms with E-state index in [2.05, 4.69) is 5.32 Å². The van der Waals surface area contributed by atoms with Crippen LogP contribution in [0.1, 0.15) is 44.6 Å². The number of carbonyl (C=O) groups excluding carboxylic acids is 2. The average Bonchev–Trinajstić information content (AvgIpc) is 3.31. The third-order valence-corrected chi connectivity index (χ3v) is 5.28. The molecule has 2 aromatic carbocycles. The Kier molecular flexibility index (Phi) is 5.66. The third-order valence-electron chi connectivity index (χ3n) is 5.28. The zero-order chi connectivity index (χ0) is 22.0. The fourth-order valence-corrected chi connectivity index (χ4v) is 3.82. The molecule has 0 fully saturated rings. The Labute approximate surface area is 180 Å². The van der Waals surface area contributed by atoms with E-state index in [1.165, 1.54) is 0 Å². The molecule has 7 nitrogen and oxygen atoms in total. The lowest BCUT2D eigenvalue weighted by Crippen LogP contribution is -2.15. The Balaban J connectivity index is 1.70. The Morgan fingerprint density at radius 1 is 1.06 bits per heavy atom. The number of aromatic nitrogens is 1. The highest BCUT2D eigenvalue weighted by Crippen LogP contribution is 2.34. The van der Waals surface area contributed by atoms with E-state index in [1.807, 2.05) is 41.8 Å². The number of esters is 1. The summed E-state index contributed by atoms with van der Waals surface area (Å²) in [5.41, 5.74) is 3.74. The van der Waals surface area contributed by atoms with Gasteiger partial charge in [-0.05, 0) is 44.0 Å². The normalized spacial score (nSPS) is 12.0. The summed E-state index contributed by atoms with van der Waals surface area (Å²) in [6, 6.07) is 15.0. The molecule has 0 saturated heterocycles. The second-order valence-corrected chi connectivity index (χ2v) is 7.25. The van der Waals surface area contributed by atoms with Gasteiger partial charge in [-0.2, -0.15) is 0 Å². The Hall–Kier alpha value is -3.74. The van der Waals surface area contributed by atoms with Gasteiger partial charge in [0.05, 0.1) is 12.2 Å². The van der Waals surface area contributed by atoms with Gasteiger partial charge < -0.3 is 24.1 Å². The summed E-state index contributed by atoms with van der Waals surface area (Å²) in [6.07, 6.45) is 0. The topological polar surface area (TPSA) is 78.8 Å². The molecule has 1 aliphatic rings. The van der Waals surface area contributed by atoms with Gasteiger partial charge in [0.2, 0.25) is 6.79 Å². The van der Waals surface area contributed by atoms with Crippen molar-refractivity contribution >= 4 is 17.6 Å². The van der Waals surface area contributed by atoms with Crippen LogP contribution in [0.3, 0.4) is 0 Å². The van der Waals surface area contributed by atoms with Crippen LogP contribution in [0.2, 0.25) is 0 Å². The molecule has 0 spiro atoms. The van der Waals surface area contributed by atoms with Crippen molar-refractivity contribution < 1.29 is 23.8 Å². The lowest BCUT2D eigenvalue weighted by atomic mass is 10.1. The summed E-state index contributed by atoms with van der Waals surface area (Å²) >= 11 is 0. The molecule has 4 rings (SSSR count). The molecular formula is C24H24N2O5. The maximum absolute atomic E-state index is 13.2. The van der Waals surface area contributed by atoms with Gasteiger partial charge >= 0.3 is 5.97 Å². The van der Waals surface area contributed by atoms with Crippen LogP contribution in [0.5, 0.6) is 11.5 Å². The molecule has 0 aliphatic carbocycles. The minimum atomic E-state index is -0.443. The van der Waals surface area contributed by atoms with Crippen molar-refractivity contribution in [3.63, 3.8) is 0 Å². The SMILES string of the molecule is CCOC(=O)c1c(C)c(C(=O)Nc2ccc3c(c2)OCO3)c(C)n1Cc1ccccc1. The summed E-state index contributed by atoms with van der Waals surface area (Å²) in [5, 5.41) is 2.90. The first kappa shape index (κ1) is 20.5. The van der Waals surface area contributed by atoms with Crippen molar-refractivity contribution in [2.75, 3.05) is 18.7 Å². The molecule has 0 unspecified atom stereocenters. The lowest BCUT2D eigenvalue weighted by Gasteiger charge is -2.12. The van der Waals surface area contributed by atoms with Gasteiger partial charge in [0.15, 0.2) is 11.5 Å². The van der Waals surface area contributed by atoms with Gasteiger partial charge in [-0.25, -0.2) is 4.79 Å². The number of nitrogens with one attached hydrogen (secondary N) is 1.